The van der Waals surface area contributed by atoms with E-state index in [1.807, 2.05) is 13.8 Å². The highest BCUT2D eigenvalue weighted by Gasteiger charge is 2.30. The van der Waals surface area contributed by atoms with Crippen LogP contribution in [0.25, 0.3) is 0 Å². The van der Waals surface area contributed by atoms with E-state index < -0.39 is 5.60 Å². The van der Waals surface area contributed by atoms with E-state index in [2.05, 4.69) is 0 Å². The minimum Gasteiger partial charge on any atom is -0.494 e. The molecule has 0 bridgehead atoms. The Morgan fingerprint density at radius 2 is 2.17 bits per heavy atom. The fourth-order valence-electron chi connectivity index (χ4n) is 1.09. The molecular formula is C9H12O3. The lowest BCUT2D eigenvalue weighted by Gasteiger charge is -2.27. The summed E-state index contributed by atoms with van der Waals surface area (Å²) in [5.74, 6) is -0.353. The van der Waals surface area contributed by atoms with Crippen LogP contribution in [-0.2, 0) is 14.3 Å². The predicted molar refractivity (Wildman–Crippen MR) is 43.6 cm³/mol. The third-order valence-corrected chi connectivity index (χ3v) is 1.76. The summed E-state index contributed by atoms with van der Waals surface area (Å²) in [6.45, 7) is 5.00. The summed E-state index contributed by atoms with van der Waals surface area (Å²) >= 11 is 0. The van der Waals surface area contributed by atoms with Crippen LogP contribution in [0.4, 0.5) is 0 Å². The Hall–Kier alpha value is -1.12. The lowest BCUT2D eigenvalue weighted by atomic mass is 9.94. The number of carbonyl (C=O) groups is 2. The van der Waals surface area contributed by atoms with Gasteiger partial charge in [0.25, 0.3) is 0 Å². The van der Waals surface area contributed by atoms with Gasteiger partial charge >= 0.3 is 0 Å². The molecule has 66 valence electrons. The van der Waals surface area contributed by atoms with E-state index in [0.717, 1.165) is 0 Å². The van der Waals surface area contributed by atoms with Crippen molar-refractivity contribution in [3.63, 3.8) is 0 Å². The topological polar surface area (TPSA) is 43.4 Å². The molecule has 3 nitrogen and oxygen atoms in total. The maximum Gasteiger partial charge on any atom is 0.173 e. The number of ketones is 2. The molecule has 1 aliphatic rings. The minimum atomic E-state index is -0.462. The molecule has 0 fully saturated rings. The molecule has 0 saturated carbocycles. The Morgan fingerprint density at radius 3 is 2.58 bits per heavy atom. The summed E-state index contributed by atoms with van der Waals surface area (Å²) in [6.07, 6.45) is 1.55. The van der Waals surface area contributed by atoms with Crippen LogP contribution in [0.2, 0.25) is 0 Å². The van der Waals surface area contributed by atoms with Crippen molar-refractivity contribution in [3.05, 3.63) is 11.8 Å². The van der Waals surface area contributed by atoms with E-state index >= 15 is 0 Å². The van der Waals surface area contributed by atoms with E-state index in [-0.39, 0.29) is 23.6 Å². The van der Waals surface area contributed by atoms with Crippen molar-refractivity contribution < 1.29 is 14.3 Å². The van der Waals surface area contributed by atoms with Crippen LogP contribution >= 0.6 is 0 Å². The van der Waals surface area contributed by atoms with Crippen molar-refractivity contribution in [2.75, 3.05) is 0 Å². The van der Waals surface area contributed by atoms with Crippen LogP contribution < -0.4 is 0 Å². The Kier molecular flexibility index (Phi) is 2.04. The van der Waals surface area contributed by atoms with Crippen molar-refractivity contribution in [1.29, 1.82) is 0 Å². The SMILES string of the molecule is CC(=O)C1=COC(C)(C)CC1=O. The molecule has 0 amide bonds. The van der Waals surface area contributed by atoms with Gasteiger partial charge in [-0.1, -0.05) is 0 Å². The second-order valence-corrected chi connectivity index (χ2v) is 3.57. The molecule has 0 radical (unpaired) electrons. The highest BCUT2D eigenvalue weighted by atomic mass is 16.5. The van der Waals surface area contributed by atoms with Crippen molar-refractivity contribution >= 4 is 11.6 Å². The highest BCUT2D eigenvalue weighted by molar-refractivity contribution is 6.19. The van der Waals surface area contributed by atoms with Gasteiger partial charge in [0.2, 0.25) is 0 Å². The number of hydrogen-bond acceptors (Lipinski definition) is 3. The van der Waals surface area contributed by atoms with Crippen LogP contribution in [-0.4, -0.2) is 17.2 Å². The van der Waals surface area contributed by atoms with E-state index in [1.165, 1.54) is 13.2 Å². The number of hydrogen-bond donors (Lipinski definition) is 0. The van der Waals surface area contributed by atoms with Gasteiger partial charge in [0.05, 0.1) is 18.3 Å². The van der Waals surface area contributed by atoms with E-state index in [9.17, 15) is 9.59 Å². The Balaban J connectivity index is 2.89. The fourth-order valence-corrected chi connectivity index (χ4v) is 1.09. The van der Waals surface area contributed by atoms with E-state index in [1.54, 1.807) is 0 Å². The van der Waals surface area contributed by atoms with Crippen molar-refractivity contribution in [1.82, 2.24) is 0 Å². The number of Topliss-reactive ketones (excluding diaryl/α,β-unsaturated/α-hetero) is 2. The molecule has 12 heavy (non-hydrogen) atoms. The number of rotatable bonds is 1. The third kappa shape index (κ3) is 1.72. The molecule has 0 unspecified atom stereocenters. The first kappa shape index (κ1) is 8.97. The van der Waals surface area contributed by atoms with Gasteiger partial charge in [-0.3, -0.25) is 9.59 Å². The normalized spacial score (nSPS) is 21.2. The van der Waals surface area contributed by atoms with Crippen molar-refractivity contribution in [2.24, 2.45) is 0 Å². The largest absolute Gasteiger partial charge is 0.494 e. The zero-order valence-electron chi connectivity index (χ0n) is 7.51. The number of allylic oxidation sites excluding steroid dienone is 1. The summed E-state index contributed by atoms with van der Waals surface area (Å²) in [7, 11) is 0. The molecule has 0 spiro atoms. The zero-order valence-corrected chi connectivity index (χ0v) is 7.51. The minimum absolute atomic E-state index is 0.126. The van der Waals surface area contributed by atoms with Crippen LogP contribution in [0.1, 0.15) is 27.2 Å². The number of carbonyl (C=O) groups excluding carboxylic acids is 2. The van der Waals surface area contributed by atoms with E-state index in [0.29, 0.717) is 0 Å². The quantitative estimate of drug-likeness (QED) is 0.553. The summed E-state index contributed by atoms with van der Waals surface area (Å²) in [5.41, 5.74) is -0.287. The van der Waals surface area contributed by atoms with Gasteiger partial charge in [-0.15, -0.1) is 0 Å². The average molecular weight is 168 g/mol. The van der Waals surface area contributed by atoms with Crippen molar-refractivity contribution in [2.45, 2.75) is 32.8 Å². The molecule has 0 N–H and O–H groups in total. The van der Waals surface area contributed by atoms with Gasteiger partial charge < -0.3 is 4.74 Å². The smallest absolute Gasteiger partial charge is 0.173 e. The van der Waals surface area contributed by atoms with Crippen LogP contribution in [0.3, 0.4) is 0 Å². The molecule has 0 aromatic carbocycles. The maximum absolute atomic E-state index is 11.3. The molecule has 1 aliphatic heterocycles. The second-order valence-electron chi connectivity index (χ2n) is 3.57. The first-order valence-electron chi connectivity index (χ1n) is 3.84. The molecule has 3 heteroatoms. The van der Waals surface area contributed by atoms with Crippen molar-refractivity contribution in [3.8, 4) is 0 Å². The van der Waals surface area contributed by atoms with Gasteiger partial charge in [-0.25, -0.2) is 0 Å². The lowest BCUT2D eigenvalue weighted by Crippen LogP contribution is -2.32. The van der Waals surface area contributed by atoms with Gasteiger partial charge in [0.1, 0.15) is 5.60 Å². The molecule has 0 saturated heterocycles. The summed E-state index contributed by atoms with van der Waals surface area (Å²) in [6, 6.07) is 0. The monoisotopic (exact) mass is 168 g/mol. The van der Waals surface area contributed by atoms with E-state index in [4.69, 9.17) is 4.74 Å². The summed E-state index contributed by atoms with van der Waals surface area (Å²) in [4.78, 5) is 22.1. The van der Waals surface area contributed by atoms with Gasteiger partial charge in [-0.2, -0.15) is 0 Å². The standard InChI is InChI=1S/C9H12O3/c1-6(10)7-5-12-9(2,3)4-8(7)11/h5H,4H2,1-3H3. The number of ether oxygens (including phenoxy) is 1. The third-order valence-electron chi connectivity index (χ3n) is 1.76. The lowest BCUT2D eigenvalue weighted by molar-refractivity contribution is -0.125. The van der Waals surface area contributed by atoms with Gasteiger partial charge in [0.15, 0.2) is 11.6 Å². The molecule has 1 heterocycles. The molecule has 0 aliphatic carbocycles. The van der Waals surface area contributed by atoms with Gasteiger partial charge in [-0.05, 0) is 20.8 Å². The average Bonchev–Trinajstić information content (AvgIpc) is 1.83. The molecular weight excluding hydrogens is 156 g/mol. The Labute approximate surface area is 71.4 Å². The zero-order chi connectivity index (χ0) is 9.35. The first-order chi connectivity index (χ1) is 5.42. The second kappa shape index (κ2) is 2.73. The molecule has 0 aromatic heterocycles. The highest BCUT2D eigenvalue weighted by Crippen LogP contribution is 2.23. The van der Waals surface area contributed by atoms with Crippen LogP contribution in [0, 0.1) is 0 Å². The molecule has 0 atom stereocenters. The van der Waals surface area contributed by atoms with Crippen LogP contribution in [0.5, 0.6) is 0 Å². The summed E-state index contributed by atoms with van der Waals surface area (Å²) < 4.78 is 5.21. The molecule has 1 rings (SSSR count). The predicted octanol–water partition coefficient (Wildman–Crippen LogP) is 1.23. The van der Waals surface area contributed by atoms with Gasteiger partial charge in [0, 0.05) is 0 Å². The summed E-state index contributed by atoms with van der Waals surface area (Å²) in [5, 5.41) is 0. The molecule has 0 aromatic rings. The Bertz CT molecular complexity index is 261. The maximum atomic E-state index is 11.3. The first-order valence-corrected chi connectivity index (χ1v) is 3.84. The Morgan fingerprint density at radius 1 is 1.58 bits per heavy atom. The van der Waals surface area contributed by atoms with Crippen LogP contribution in [0.15, 0.2) is 11.8 Å². The fraction of sp³-hybridized carbons (Fsp3) is 0.556.